The van der Waals surface area contributed by atoms with Gasteiger partial charge in [-0.25, -0.2) is 0 Å². The van der Waals surface area contributed by atoms with Crippen LogP contribution in [0, 0.1) is 0 Å². The third-order valence-corrected chi connectivity index (χ3v) is 4.71. The summed E-state index contributed by atoms with van der Waals surface area (Å²) in [7, 11) is 4.20. The van der Waals surface area contributed by atoms with Crippen LogP contribution in [0.15, 0.2) is 78.9 Å². The number of benzene rings is 3. The van der Waals surface area contributed by atoms with Crippen molar-refractivity contribution in [2.75, 3.05) is 27.2 Å². The molecular formula is C25H29NO. The molecular weight excluding hydrogens is 330 g/mol. The highest BCUT2D eigenvalue weighted by Gasteiger charge is 2.08. The number of rotatable bonds is 9. The molecule has 3 aromatic carbocycles. The molecule has 2 nitrogen and oxygen atoms in total. The lowest BCUT2D eigenvalue weighted by Gasteiger charge is -2.15. The summed E-state index contributed by atoms with van der Waals surface area (Å²) < 4.78 is 6.21. The van der Waals surface area contributed by atoms with E-state index in [0.717, 1.165) is 38.2 Å². The molecule has 27 heavy (non-hydrogen) atoms. The number of ether oxygens (including phenoxy) is 1. The maximum Gasteiger partial charge on any atom is 0.123 e. The van der Waals surface area contributed by atoms with Crippen LogP contribution in [0.3, 0.4) is 0 Å². The number of hydrogen-bond donors (Lipinski definition) is 0. The minimum absolute atomic E-state index is 0.745. The largest absolute Gasteiger partial charge is 0.493 e. The molecule has 0 atom stereocenters. The van der Waals surface area contributed by atoms with Crippen molar-refractivity contribution < 1.29 is 4.74 Å². The van der Waals surface area contributed by atoms with E-state index in [1.165, 1.54) is 22.3 Å². The van der Waals surface area contributed by atoms with Crippen LogP contribution in [0.25, 0.3) is 11.1 Å². The minimum Gasteiger partial charge on any atom is -0.493 e. The quantitative estimate of drug-likeness (QED) is 0.470. The van der Waals surface area contributed by atoms with Crippen molar-refractivity contribution in [1.29, 1.82) is 0 Å². The Balaban J connectivity index is 1.75. The molecule has 0 N–H and O–H groups in total. The lowest BCUT2D eigenvalue weighted by Crippen LogP contribution is -2.15. The fourth-order valence-corrected chi connectivity index (χ4v) is 3.19. The molecule has 140 valence electrons. The molecule has 0 aliphatic carbocycles. The van der Waals surface area contributed by atoms with Gasteiger partial charge < -0.3 is 9.64 Å². The van der Waals surface area contributed by atoms with Crippen molar-refractivity contribution in [3.63, 3.8) is 0 Å². The van der Waals surface area contributed by atoms with Gasteiger partial charge in [0, 0.05) is 6.54 Å². The second kappa shape index (κ2) is 9.94. The maximum atomic E-state index is 6.21. The van der Waals surface area contributed by atoms with E-state index in [1.54, 1.807) is 0 Å². The summed E-state index contributed by atoms with van der Waals surface area (Å²) in [5, 5.41) is 0. The number of hydrogen-bond acceptors (Lipinski definition) is 2. The molecule has 0 saturated heterocycles. The highest BCUT2D eigenvalue weighted by Crippen LogP contribution is 2.28. The van der Waals surface area contributed by atoms with Gasteiger partial charge in [-0.3, -0.25) is 0 Å². The van der Waals surface area contributed by atoms with E-state index in [1.807, 2.05) is 0 Å². The maximum absolute atomic E-state index is 6.21. The van der Waals surface area contributed by atoms with Crippen LogP contribution < -0.4 is 4.74 Å². The summed E-state index contributed by atoms with van der Waals surface area (Å²) in [6.45, 7) is 1.78. The summed E-state index contributed by atoms with van der Waals surface area (Å²) in [6.07, 6.45) is 3.04. The van der Waals surface area contributed by atoms with E-state index in [9.17, 15) is 0 Å². The molecule has 0 aliphatic heterocycles. The van der Waals surface area contributed by atoms with Crippen LogP contribution in [-0.4, -0.2) is 32.1 Å². The van der Waals surface area contributed by atoms with Gasteiger partial charge in [-0.2, -0.15) is 0 Å². The molecule has 0 saturated carbocycles. The first-order valence-corrected chi connectivity index (χ1v) is 9.72. The van der Waals surface area contributed by atoms with Crippen molar-refractivity contribution in [3.8, 4) is 16.9 Å². The summed E-state index contributed by atoms with van der Waals surface area (Å²) in [5.74, 6) is 1.02. The molecule has 0 fully saturated rings. The average Bonchev–Trinajstić information content (AvgIpc) is 2.71. The van der Waals surface area contributed by atoms with Gasteiger partial charge in [-0.1, -0.05) is 72.8 Å². The first-order valence-electron chi connectivity index (χ1n) is 9.72. The van der Waals surface area contributed by atoms with Gasteiger partial charge in [0.25, 0.3) is 0 Å². The van der Waals surface area contributed by atoms with Gasteiger partial charge in [0.2, 0.25) is 0 Å². The Morgan fingerprint density at radius 1 is 0.741 bits per heavy atom. The Kier molecular flexibility index (Phi) is 7.06. The zero-order valence-corrected chi connectivity index (χ0v) is 16.4. The Morgan fingerprint density at radius 2 is 1.44 bits per heavy atom. The van der Waals surface area contributed by atoms with Gasteiger partial charge in [-0.05, 0) is 61.7 Å². The molecule has 0 radical (unpaired) electrons. The predicted molar refractivity (Wildman–Crippen MR) is 114 cm³/mol. The molecule has 0 aliphatic rings. The summed E-state index contributed by atoms with van der Waals surface area (Å²) in [4.78, 5) is 2.19. The van der Waals surface area contributed by atoms with Gasteiger partial charge in [0.15, 0.2) is 0 Å². The SMILES string of the molecule is CN(C)CCCOc1cc(-c2ccccc2)ccc1CCc1ccccc1. The second-order valence-corrected chi connectivity index (χ2v) is 7.18. The zero-order chi connectivity index (χ0) is 18.9. The molecule has 3 aromatic rings. The molecule has 2 heteroatoms. The topological polar surface area (TPSA) is 12.5 Å². The second-order valence-electron chi connectivity index (χ2n) is 7.18. The molecule has 0 bridgehead atoms. The Morgan fingerprint density at radius 3 is 2.15 bits per heavy atom. The summed E-state index contributed by atoms with van der Waals surface area (Å²) in [6, 6.07) is 27.8. The van der Waals surface area contributed by atoms with Crippen molar-refractivity contribution in [3.05, 3.63) is 90.0 Å². The van der Waals surface area contributed by atoms with Gasteiger partial charge in [-0.15, -0.1) is 0 Å². The Labute approximate surface area is 163 Å². The van der Waals surface area contributed by atoms with Gasteiger partial charge in [0.05, 0.1) is 6.61 Å². The number of aryl methyl sites for hydroxylation is 2. The monoisotopic (exact) mass is 359 g/mol. The standard InChI is InChI=1S/C25H29NO/c1-26(2)18-9-19-27-25-20-24(22-12-7-4-8-13-22)17-16-23(25)15-14-21-10-5-3-6-11-21/h3-8,10-13,16-17,20H,9,14-15,18-19H2,1-2H3. The smallest absolute Gasteiger partial charge is 0.123 e. The van der Waals surface area contributed by atoms with Gasteiger partial charge >= 0.3 is 0 Å². The van der Waals surface area contributed by atoms with Gasteiger partial charge in [0.1, 0.15) is 5.75 Å². The van der Waals surface area contributed by atoms with Crippen molar-refractivity contribution in [2.45, 2.75) is 19.3 Å². The normalized spacial score (nSPS) is 10.9. The van der Waals surface area contributed by atoms with Crippen LogP contribution in [0.2, 0.25) is 0 Å². The van der Waals surface area contributed by atoms with E-state index in [0.29, 0.717) is 0 Å². The van der Waals surface area contributed by atoms with Crippen LogP contribution >= 0.6 is 0 Å². The zero-order valence-electron chi connectivity index (χ0n) is 16.4. The van der Waals surface area contributed by atoms with E-state index in [-0.39, 0.29) is 0 Å². The number of nitrogens with zero attached hydrogens (tertiary/aromatic N) is 1. The highest BCUT2D eigenvalue weighted by molar-refractivity contribution is 5.66. The Bertz CT molecular complexity index is 812. The fraction of sp³-hybridized carbons (Fsp3) is 0.280. The molecule has 0 aromatic heterocycles. The Hall–Kier alpha value is -2.58. The third-order valence-electron chi connectivity index (χ3n) is 4.71. The first-order chi connectivity index (χ1) is 13.2. The van der Waals surface area contributed by atoms with Crippen LogP contribution in [0.4, 0.5) is 0 Å². The molecule has 3 rings (SSSR count). The third kappa shape index (κ3) is 5.97. The summed E-state index contributed by atoms with van der Waals surface area (Å²) >= 11 is 0. The van der Waals surface area contributed by atoms with E-state index < -0.39 is 0 Å². The average molecular weight is 360 g/mol. The minimum atomic E-state index is 0.745. The highest BCUT2D eigenvalue weighted by atomic mass is 16.5. The van der Waals surface area contributed by atoms with E-state index >= 15 is 0 Å². The van der Waals surface area contributed by atoms with Crippen molar-refractivity contribution in [1.82, 2.24) is 4.90 Å². The fourth-order valence-electron chi connectivity index (χ4n) is 3.19. The van der Waals surface area contributed by atoms with E-state index in [4.69, 9.17) is 4.74 Å². The molecule has 0 heterocycles. The predicted octanol–water partition coefficient (Wildman–Crippen LogP) is 5.47. The molecule has 0 spiro atoms. The van der Waals surface area contributed by atoms with Crippen LogP contribution in [-0.2, 0) is 12.8 Å². The van der Waals surface area contributed by atoms with Crippen molar-refractivity contribution >= 4 is 0 Å². The lowest BCUT2D eigenvalue weighted by atomic mass is 9.99. The first kappa shape index (κ1) is 19.2. The van der Waals surface area contributed by atoms with E-state index in [2.05, 4.69) is 97.9 Å². The van der Waals surface area contributed by atoms with Crippen molar-refractivity contribution in [2.24, 2.45) is 0 Å². The lowest BCUT2D eigenvalue weighted by molar-refractivity contribution is 0.279. The molecule has 0 unspecified atom stereocenters. The van der Waals surface area contributed by atoms with Crippen LogP contribution in [0.5, 0.6) is 5.75 Å². The van der Waals surface area contributed by atoms with Crippen LogP contribution in [0.1, 0.15) is 17.5 Å². The summed E-state index contributed by atoms with van der Waals surface area (Å²) in [5.41, 5.74) is 5.08. The molecule has 0 amide bonds.